The van der Waals surface area contributed by atoms with Crippen LogP contribution in [0.2, 0.25) is 0 Å². The van der Waals surface area contributed by atoms with E-state index in [1.165, 1.54) is 30.3 Å². The molecule has 0 amide bonds. The van der Waals surface area contributed by atoms with Crippen LogP contribution in [0.3, 0.4) is 0 Å². The molecule has 0 saturated heterocycles. The Morgan fingerprint density at radius 1 is 1.00 bits per heavy atom. The molecule has 23 heteroatoms. The summed E-state index contributed by atoms with van der Waals surface area (Å²) < 4.78 is 98.4. The van der Waals surface area contributed by atoms with Crippen LogP contribution in [-0.2, 0) is 51.0 Å². The zero-order valence-electron chi connectivity index (χ0n) is 21.4. The van der Waals surface area contributed by atoms with Crippen LogP contribution in [0, 0.1) is 11.5 Å². The van der Waals surface area contributed by atoms with Crippen LogP contribution < -0.4 is 99.4 Å². The van der Waals surface area contributed by atoms with E-state index in [1.807, 2.05) is 0 Å². The van der Waals surface area contributed by atoms with Crippen LogP contribution in [0.15, 0.2) is 51.3 Å². The summed E-state index contributed by atoms with van der Waals surface area (Å²) in [4.78, 5) is -0.744. The summed E-state index contributed by atoms with van der Waals surface area (Å²) in [6.45, 7) is 0. The van der Waals surface area contributed by atoms with E-state index >= 15 is 0 Å². The van der Waals surface area contributed by atoms with Gasteiger partial charge in [-0.15, -0.1) is 22.5 Å². The molecule has 0 heterocycles. The molecule has 41 heavy (non-hydrogen) atoms. The van der Waals surface area contributed by atoms with Gasteiger partial charge < -0.3 is 20.3 Å². The third-order valence-corrected chi connectivity index (χ3v) is 7.94. The molecule has 2 aromatic rings. The van der Waals surface area contributed by atoms with Gasteiger partial charge in [0, 0.05) is 4.90 Å². The van der Waals surface area contributed by atoms with E-state index in [0.29, 0.717) is 5.69 Å². The standard InChI is InChI=1S/C18H16N3O10S3.3Na.O3S/c19-18-15(6-1-11-9-14(34(27,28)29)10-16(22)17(11)18)21-20-12-2-4-13(5-3-12)33(25,26)8-7-32(24)31-30-23;;;;1-4(2)3/h1-5,9-10,19-20,22-23H,7-8H2,(H,27,28,29);;;;/q-1;3*+1;/p-2. The van der Waals surface area contributed by atoms with Gasteiger partial charge in [0.05, 0.1) is 22.1 Å². The van der Waals surface area contributed by atoms with Crippen molar-refractivity contribution in [2.24, 2.45) is 5.10 Å². The molecule has 2 aromatic carbocycles. The van der Waals surface area contributed by atoms with Crippen molar-refractivity contribution in [3.8, 4) is 5.75 Å². The first-order valence-corrected chi connectivity index (χ1v) is 14.8. The van der Waals surface area contributed by atoms with E-state index in [2.05, 4.69) is 26.0 Å². The van der Waals surface area contributed by atoms with Gasteiger partial charge in [-0.3, -0.25) is 10.5 Å². The summed E-state index contributed by atoms with van der Waals surface area (Å²) in [6, 6.07) is 7.01. The molecule has 1 unspecified atom stereocenters. The molecular weight excluding hydrogens is 663 g/mol. The Labute approximate surface area is 304 Å². The molecule has 0 radical (unpaired) electrons. The average molecular weight is 678 g/mol. The second-order valence-corrected chi connectivity index (χ2v) is 11.8. The number of hydrazone groups is 1. The Hall–Kier alpha value is -0.370. The Bertz CT molecular complexity index is 1640. The Morgan fingerprint density at radius 3 is 2.07 bits per heavy atom. The number of nitrogens with one attached hydrogen (secondary N) is 2. The number of phenolic OH excluding ortho intramolecular Hbond substituents is 1. The van der Waals surface area contributed by atoms with E-state index in [0.717, 1.165) is 12.1 Å². The maximum absolute atomic E-state index is 12.3. The fraction of sp³-hybridized carbons (Fsp3) is 0.111. The SMILES string of the molecule is N=C1C(=NNc2ccc(S(=O)(=O)CCS(=O)OO[O-])cc2)[C-]=Cc2cc(S(=O)(=O)[O-])cc(O)c21.O=S(=O)=O.[Na+].[Na+].[Na+]. The number of rotatable bonds is 9. The van der Waals surface area contributed by atoms with E-state index in [9.17, 15) is 36.0 Å². The third-order valence-electron chi connectivity index (χ3n) is 4.39. The smallest absolute Gasteiger partial charge is 0.744 e. The first-order valence-electron chi connectivity index (χ1n) is 9.46. The molecule has 16 nitrogen and oxygen atoms in total. The fourth-order valence-electron chi connectivity index (χ4n) is 2.80. The third kappa shape index (κ3) is 13.4. The van der Waals surface area contributed by atoms with Crippen molar-refractivity contribution in [1.82, 2.24) is 0 Å². The van der Waals surface area contributed by atoms with Gasteiger partial charge in [0.1, 0.15) is 15.9 Å². The van der Waals surface area contributed by atoms with E-state index < -0.39 is 63.8 Å². The largest absolute Gasteiger partial charge is 1.00 e. The minimum atomic E-state index is -4.81. The van der Waals surface area contributed by atoms with Gasteiger partial charge in [-0.2, -0.15) is 12.2 Å². The first-order chi connectivity index (χ1) is 17.7. The molecule has 0 fully saturated rings. The van der Waals surface area contributed by atoms with Gasteiger partial charge in [-0.1, -0.05) is 11.6 Å². The van der Waals surface area contributed by atoms with Gasteiger partial charge in [0.15, 0.2) is 20.9 Å². The number of hydrogen-bond donors (Lipinski definition) is 3. The number of sulfone groups is 1. The topological polar surface area (TPSA) is 270 Å². The number of nitrogens with zero attached hydrogens (tertiary/aromatic N) is 1. The van der Waals surface area contributed by atoms with Crippen LogP contribution in [0.1, 0.15) is 11.1 Å². The fourth-order valence-corrected chi connectivity index (χ4v) is 5.66. The Morgan fingerprint density at radius 2 is 1.56 bits per heavy atom. The number of benzene rings is 2. The second-order valence-electron chi connectivity index (χ2n) is 6.79. The number of phenols is 1. The Kier molecular flexibility index (Phi) is 19.9. The number of hydrogen-bond acceptors (Lipinski definition) is 16. The molecule has 1 aliphatic carbocycles. The van der Waals surface area contributed by atoms with Crippen LogP contribution >= 0.6 is 0 Å². The van der Waals surface area contributed by atoms with Crippen LogP contribution in [0.25, 0.3) is 6.08 Å². The molecule has 1 atom stereocenters. The normalized spacial score (nSPS) is 13.7. The van der Waals surface area contributed by atoms with E-state index in [-0.39, 0.29) is 116 Å². The van der Waals surface area contributed by atoms with Gasteiger partial charge in [-0.05, 0) is 41.8 Å². The number of aromatic hydroxyl groups is 1. The summed E-state index contributed by atoms with van der Waals surface area (Å²) in [5, 5.41) is 35.0. The number of allylic oxidation sites excluding steroid dienone is 1. The van der Waals surface area contributed by atoms with Crippen molar-refractivity contribution in [2.75, 3.05) is 16.9 Å². The molecule has 1 aliphatic rings. The molecule has 0 aromatic heterocycles. The summed E-state index contributed by atoms with van der Waals surface area (Å²) in [7, 11) is -11.8. The molecule has 0 spiro atoms. The molecule has 0 bridgehead atoms. The van der Waals surface area contributed by atoms with Crippen molar-refractivity contribution in [3.05, 3.63) is 53.6 Å². The average Bonchev–Trinajstić information content (AvgIpc) is 2.82. The minimum absolute atomic E-state index is 0. The van der Waals surface area contributed by atoms with Crippen molar-refractivity contribution >= 4 is 64.8 Å². The van der Waals surface area contributed by atoms with E-state index in [1.54, 1.807) is 0 Å². The number of anilines is 1. The summed E-state index contributed by atoms with van der Waals surface area (Å²) >= 11 is -2.21. The zero-order chi connectivity index (χ0) is 28.7. The van der Waals surface area contributed by atoms with Crippen molar-refractivity contribution < 1.29 is 147 Å². The summed E-state index contributed by atoms with van der Waals surface area (Å²) in [5.74, 6) is -1.63. The van der Waals surface area contributed by atoms with Crippen molar-refractivity contribution in [3.63, 3.8) is 0 Å². The van der Waals surface area contributed by atoms with Gasteiger partial charge in [0.25, 0.3) is 0 Å². The Balaban J connectivity index is 0. The predicted molar refractivity (Wildman–Crippen MR) is 125 cm³/mol. The minimum Gasteiger partial charge on any atom is -0.744 e. The van der Waals surface area contributed by atoms with Crippen molar-refractivity contribution in [1.29, 1.82) is 5.41 Å². The predicted octanol–water partition coefficient (Wildman–Crippen LogP) is -10.4. The quantitative estimate of drug-likeness (QED) is 0.0731. The molecular formula is C18H14N3Na3O13S4. The van der Waals surface area contributed by atoms with Crippen molar-refractivity contribution in [2.45, 2.75) is 9.79 Å². The first kappa shape index (κ1) is 42.8. The molecule has 0 aliphatic heterocycles. The van der Waals surface area contributed by atoms with Gasteiger partial charge in [0.2, 0.25) is 0 Å². The van der Waals surface area contributed by atoms with Gasteiger partial charge in [-0.25, -0.2) is 26.1 Å². The molecule has 0 saturated carbocycles. The summed E-state index contributed by atoms with van der Waals surface area (Å²) in [5.41, 5.74) is 2.63. The number of fused-ring (bicyclic) bond motifs is 1. The maximum Gasteiger partial charge on any atom is 1.00 e. The maximum atomic E-state index is 12.3. The van der Waals surface area contributed by atoms with Crippen LogP contribution in [0.5, 0.6) is 5.75 Å². The molecule has 3 N–H and O–H groups in total. The zero-order valence-corrected chi connectivity index (χ0v) is 30.6. The second kappa shape index (κ2) is 19.1. The van der Waals surface area contributed by atoms with E-state index in [4.69, 9.17) is 18.0 Å². The molecule has 206 valence electrons. The van der Waals surface area contributed by atoms with Gasteiger partial charge >= 0.3 is 99.3 Å². The summed E-state index contributed by atoms with van der Waals surface area (Å²) in [6.07, 6.45) is 3.89. The van der Waals surface area contributed by atoms with Crippen LogP contribution in [-0.4, -0.2) is 66.3 Å². The monoisotopic (exact) mass is 677 g/mol. The molecule has 3 rings (SSSR count). The van der Waals surface area contributed by atoms with Crippen LogP contribution in [0.4, 0.5) is 5.69 Å².